The summed E-state index contributed by atoms with van der Waals surface area (Å²) < 4.78 is 11.4. The van der Waals surface area contributed by atoms with E-state index in [4.69, 9.17) is 0 Å². The molecule has 0 spiro atoms. The summed E-state index contributed by atoms with van der Waals surface area (Å²) in [5.41, 5.74) is 7.45. The molecule has 1 aromatic heterocycles. The van der Waals surface area contributed by atoms with Crippen LogP contribution in [0.1, 0.15) is 69.8 Å². The first-order chi connectivity index (χ1) is 15.5. The summed E-state index contributed by atoms with van der Waals surface area (Å²) in [6.07, 6.45) is 12.5. The number of nitrogens with zero attached hydrogens (tertiary/aromatic N) is 1. The molecule has 2 aliphatic carbocycles. The second-order valence-electron chi connectivity index (χ2n) is 9.79. The van der Waals surface area contributed by atoms with Crippen molar-refractivity contribution in [3.8, 4) is 22.4 Å². The van der Waals surface area contributed by atoms with E-state index in [-0.39, 0.29) is 0 Å². The Balaban J connectivity index is 1.31. The molecule has 0 radical (unpaired) electrons. The first-order valence-electron chi connectivity index (χ1n) is 12.7. The maximum atomic E-state index is 9.17. The first kappa shape index (κ1) is 19.3. The molecule has 0 saturated heterocycles. The highest BCUT2D eigenvalue weighted by Crippen LogP contribution is 2.43. The SMILES string of the molecule is [2H]C1(c2ccc(-c3ccc(-c4ccccc4C)[n+](C)c3)cc2)CCC(C2CCCC2)CC1. The minimum Gasteiger partial charge on any atom is -0.200 e. The van der Waals surface area contributed by atoms with Gasteiger partial charge >= 0.3 is 0 Å². The van der Waals surface area contributed by atoms with Crippen molar-refractivity contribution in [1.82, 2.24) is 0 Å². The van der Waals surface area contributed by atoms with Crippen molar-refractivity contribution in [3.05, 3.63) is 78.0 Å². The van der Waals surface area contributed by atoms with E-state index in [9.17, 15) is 1.37 Å². The molecule has 0 aliphatic heterocycles. The fourth-order valence-electron chi connectivity index (χ4n) is 5.99. The van der Waals surface area contributed by atoms with Crippen LogP contribution in [0.5, 0.6) is 0 Å². The van der Waals surface area contributed by atoms with E-state index < -0.39 is 5.89 Å². The molecule has 160 valence electrons. The van der Waals surface area contributed by atoms with Crippen molar-refractivity contribution in [2.24, 2.45) is 18.9 Å². The van der Waals surface area contributed by atoms with Crippen LogP contribution in [0.3, 0.4) is 0 Å². The molecule has 2 saturated carbocycles. The molecule has 0 amide bonds. The second-order valence-corrected chi connectivity index (χ2v) is 9.79. The highest BCUT2D eigenvalue weighted by molar-refractivity contribution is 5.66. The van der Waals surface area contributed by atoms with Crippen molar-refractivity contribution in [1.29, 1.82) is 0 Å². The normalized spacial score (nSPS) is 24.8. The van der Waals surface area contributed by atoms with Crippen LogP contribution in [0.25, 0.3) is 22.4 Å². The molecule has 0 bridgehead atoms. The van der Waals surface area contributed by atoms with Gasteiger partial charge in [-0.2, -0.15) is 0 Å². The fraction of sp³-hybridized carbons (Fsp3) is 0.433. The third-order valence-electron chi connectivity index (χ3n) is 7.88. The minimum absolute atomic E-state index is 0.396. The van der Waals surface area contributed by atoms with Gasteiger partial charge in [0.05, 0.1) is 0 Å². The fourth-order valence-corrected chi connectivity index (χ4v) is 5.99. The molecule has 1 heterocycles. The van der Waals surface area contributed by atoms with Crippen LogP contribution in [0.2, 0.25) is 0 Å². The van der Waals surface area contributed by atoms with E-state index in [1.165, 1.54) is 72.0 Å². The zero-order valence-electron chi connectivity index (χ0n) is 20.1. The Labute approximate surface area is 189 Å². The quantitative estimate of drug-likeness (QED) is 0.389. The highest BCUT2D eigenvalue weighted by atomic mass is 14.9. The van der Waals surface area contributed by atoms with Gasteiger partial charge in [-0.15, -0.1) is 0 Å². The Bertz CT molecular complexity index is 1070. The number of hydrogen-bond acceptors (Lipinski definition) is 0. The second kappa shape index (κ2) is 8.99. The minimum atomic E-state index is -0.396. The van der Waals surface area contributed by atoms with Crippen LogP contribution in [0, 0.1) is 18.8 Å². The molecule has 1 heteroatoms. The van der Waals surface area contributed by atoms with Crippen molar-refractivity contribution >= 4 is 0 Å². The van der Waals surface area contributed by atoms with E-state index >= 15 is 0 Å². The number of aromatic nitrogens is 1. The largest absolute Gasteiger partial charge is 0.212 e. The number of aryl methyl sites for hydroxylation is 2. The Hall–Kier alpha value is -2.41. The Morgan fingerprint density at radius 2 is 1.39 bits per heavy atom. The standard InChI is InChI=1S/C30H36N/c1-22-7-3-6-10-29(22)30-20-19-28(21-31(30)2)27-17-15-26(16-18-27)25-13-11-24(12-14-25)23-8-4-5-9-23/h3,6-7,10,15-21,23-25H,4-5,8-9,11-14H2,1-2H3/q+1/i25D. The van der Waals surface area contributed by atoms with Gasteiger partial charge in [-0.25, -0.2) is 4.57 Å². The molecule has 2 aromatic carbocycles. The van der Waals surface area contributed by atoms with Crippen molar-refractivity contribution in [2.75, 3.05) is 0 Å². The monoisotopic (exact) mass is 411 g/mol. The summed E-state index contributed by atoms with van der Waals surface area (Å²) in [6, 6.07) is 21.9. The number of pyridine rings is 1. The molecule has 31 heavy (non-hydrogen) atoms. The topological polar surface area (TPSA) is 3.88 Å². The van der Waals surface area contributed by atoms with Crippen LogP contribution >= 0.6 is 0 Å². The number of hydrogen-bond donors (Lipinski definition) is 0. The third-order valence-corrected chi connectivity index (χ3v) is 7.88. The molecule has 0 unspecified atom stereocenters. The average molecular weight is 412 g/mol. The van der Waals surface area contributed by atoms with Crippen LogP contribution in [0.4, 0.5) is 0 Å². The highest BCUT2D eigenvalue weighted by Gasteiger charge is 2.29. The lowest BCUT2D eigenvalue weighted by molar-refractivity contribution is -0.659. The van der Waals surface area contributed by atoms with Crippen molar-refractivity contribution in [3.63, 3.8) is 0 Å². The third kappa shape index (κ3) is 4.33. The van der Waals surface area contributed by atoms with Crippen LogP contribution in [-0.4, -0.2) is 0 Å². The van der Waals surface area contributed by atoms with Crippen molar-refractivity contribution < 1.29 is 5.94 Å². The summed E-state index contributed by atoms with van der Waals surface area (Å²) in [6.45, 7) is 2.17. The maximum absolute atomic E-state index is 9.17. The summed E-state index contributed by atoms with van der Waals surface area (Å²) in [5.74, 6) is 1.43. The molecule has 2 aliphatic rings. The van der Waals surface area contributed by atoms with Gasteiger partial charge in [-0.1, -0.05) is 68.1 Å². The predicted molar refractivity (Wildman–Crippen MR) is 130 cm³/mol. The summed E-state index contributed by atoms with van der Waals surface area (Å²) >= 11 is 0. The van der Waals surface area contributed by atoms with Crippen molar-refractivity contribution in [2.45, 2.75) is 64.2 Å². The summed E-state index contributed by atoms with van der Waals surface area (Å²) in [5, 5.41) is 0. The molecule has 3 aromatic rings. The van der Waals surface area contributed by atoms with Gasteiger partial charge in [0.25, 0.3) is 0 Å². The van der Waals surface area contributed by atoms with E-state index in [1.807, 2.05) is 0 Å². The lowest BCUT2D eigenvalue weighted by atomic mass is 9.73. The number of benzene rings is 2. The number of rotatable bonds is 4. The van der Waals surface area contributed by atoms with Gasteiger partial charge in [-0.3, -0.25) is 0 Å². The van der Waals surface area contributed by atoms with Gasteiger partial charge in [0.2, 0.25) is 5.69 Å². The Morgan fingerprint density at radius 3 is 2.06 bits per heavy atom. The van der Waals surface area contributed by atoms with Gasteiger partial charge in [0.1, 0.15) is 7.05 Å². The molecular formula is C30H36N+. The predicted octanol–water partition coefficient (Wildman–Crippen LogP) is 7.62. The van der Waals surface area contributed by atoms with E-state index in [0.29, 0.717) is 0 Å². The zero-order chi connectivity index (χ0) is 22.1. The maximum Gasteiger partial charge on any atom is 0.212 e. The molecular weight excluding hydrogens is 374 g/mol. The van der Waals surface area contributed by atoms with Gasteiger partial charge in [-0.05, 0) is 79.2 Å². The van der Waals surface area contributed by atoms with Gasteiger partial charge in [0, 0.05) is 18.6 Å². The Morgan fingerprint density at radius 1 is 0.742 bits per heavy atom. The van der Waals surface area contributed by atoms with E-state index in [1.54, 1.807) is 0 Å². The first-order valence-corrected chi connectivity index (χ1v) is 12.2. The zero-order valence-corrected chi connectivity index (χ0v) is 19.1. The lowest BCUT2D eigenvalue weighted by Gasteiger charge is -2.32. The average Bonchev–Trinajstić information content (AvgIpc) is 3.35. The van der Waals surface area contributed by atoms with Gasteiger partial charge < -0.3 is 0 Å². The molecule has 1 nitrogen and oxygen atoms in total. The van der Waals surface area contributed by atoms with Crippen LogP contribution in [-0.2, 0) is 7.05 Å². The summed E-state index contributed by atoms with van der Waals surface area (Å²) in [7, 11) is 2.13. The van der Waals surface area contributed by atoms with Crippen LogP contribution < -0.4 is 4.57 Å². The molecule has 0 atom stereocenters. The van der Waals surface area contributed by atoms with E-state index in [0.717, 1.165) is 24.7 Å². The Kier molecular flexibility index (Phi) is 5.59. The smallest absolute Gasteiger partial charge is 0.200 e. The molecule has 2 fully saturated rings. The molecule has 0 N–H and O–H groups in total. The lowest BCUT2D eigenvalue weighted by Crippen LogP contribution is -2.30. The van der Waals surface area contributed by atoms with Gasteiger partial charge in [0.15, 0.2) is 6.20 Å². The summed E-state index contributed by atoms with van der Waals surface area (Å²) in [4.78, 5) is 0. The van der Waals surface area contributed by atoms with Crippen LogP contribution in [0.15, 0.2) is 66.9 Å². The molecule has 5 rings (SSSR count). The van der Waals surface area contributed by atoms with E-state index in [2.05, 4.69) is 85.4 Å².